The predicted molar refractivity (Wildman–Crippen MR) is 168 cm³/mol. The molecule has 0 heterocycles. The fourth-order valence-corrected chi connectivity index (χ4v) is 10.3. The third kappa shape index (κ3) is 5.80. The SMILES string of the molecule is C=C1/C(=C\C=C2/CCC[C@]3(C)[C@@H]([C@H](C)/C=C/CP(=O)(c4ccccc4)c4ccccc4)CC[C@@H]23)C[C@@H](O)C[C@@H]1O. The summed E-state index contributed by atoms with van der Waals surface area (Å²) in [6.07, 6.45) is 15.3. The van der Waals surface area contributed by atoms with Gasteiger partial charge in [-0.3, -0.25) is 0 Å². The molecule has 3 saturated carbocycles. The number of rotatable bonds is 7. The van der Waals surface area contributed by atoms with Crippen LogP contribution in [0.3, 0.4) is 0 Å². The van der Waals surface area contributed by atoms with Crippen molar-refractivity contribution in [1.29, 1.82) is 0 Å². The van der Waals surface area contributed by atoms with Crippen LogP contribution >= 0.6 is 7.14 Å². The first-order valence-electron chi connectivity index (χ1n) is 15.0. The van der Waals surface area contributed by atoms with Gasteiger partial charge in [0.2, 0.25) is 0 Å². The number of benzene rings is 2. The Hall–Kier alpha value is -2.45. The number of aliphatic hydroxyl groups is 2. The van der Waals surface area contributed by atoms with Crippen LogP contribution in [0.1, 0.15) is 58.8 Å². The molecule has 0 radical (unpaired) electrons. The van der Waals surface area contributed by atoms with E-state index >= 15 is 0 Å². The van der Waals surface area contributed by atoms with Crippen LogP contribution in [0.15, 0.2) is 108 Å². The lowest BCUT2D eigenvalue weighted by atomic mass is 9.61. The molecule has 0 aromatic heterocycles. The zero-order chi connectivity index (χ0) is 28.3. The highest BCUT2D eigenvalue weighted by Gasteiger charge is 2.50. The normalized spacial score (nSPS) is 32.0. The van der Waals surface area contributed by atoms with Crippen LogP contribution in [-0.2, 0) is 4.57 Å². The minimum absolute atomic E-state index is 0.248. The Balaban J connectivity index is 1.32. The molecule has 2 N–H and O–H groups in total. The van der Waals surface area contributed by atoms with Crippen LogP contribution in [0, 0.1) is 23.2 Å². The molecule has 2 aromatic carbocycles. The third-order valence-electron chi connectivity index (χ3n) is 10.1. The van der Waals surface area contributed by atoms with E-state index in [1.807, 2.05) is 60.7 Å². The molecule has 0 unspecified atom stereocenters. The molecule has 0 saturated heterocycles. The van der Waals surface area contributed by atoms with E-state index in [-0.39, 0.29) is 5.41 Å². The van der Waals surface area contributed by atoms with E-state index < -0.39 is 19.3 Å². The van der Waals surface area contributed by atoms with Gasteiger partial charge < -0.3 is 14.8 Å². The highest BCUT2D eigenvalue weighted by molar-refractivity contribution is 7.78. The van der Waals surface area contributed by atoms with Crippen LogP contribution in [0.25, 0.3) is 0 Å². The lowest BCUT2D eigenvalue weighted by Gasteiger charge is -2.44. The van der Waals surface area contributed by atoms with Crippen molar-refractivity contribution in [2.24, 2.45) is 23.2 Å². The van der Waals surface area contributed by atoms with Gasteiger partial charge in [-0.2, -0.15) is 0 Å². The zero-order valence-corrected chi connectivity index (χ0v) is 25.0. The lowest BCUT2D eigenvalue weighted by molar-refractivity contribution is 0.0862. The summed E-state index contributed by atoms with van der Waals surface area (Å²) in [5.74, 6) is 1.56. The molecule has 40 heavy (non-hydrogen) atoms. The molecule has 4 heteroatoms. The Bertz CT molecular complexity index is 1280. The molecule has 0 aliphatic heterocycles. The van der Waals surface area contributed by atoms with Crippen molar-refractivity contribution in [1.82, 2.24) is 0 Å². The maximum atomic E-state index is 14.4. The minimum atomic E-state index is -2.75. The van der Waals surface area contributed by atoms with Gasteiger partial charge in [0.1, 0.15) is 7.14 Å². The van der Waals surface area contributed by atoms with Gasteiger partial charge in [0.15, 0.2) is 0 Å². The summed E-state index contributed by atoms with van der Waals surface area (Å²) in [6.45, 7) is 8.93. The van der Waals surface area contributed by atoms with Crippen LogP contribution in [0.2, 0.25) is 0 Å². The van der Waals surface area contributed by atoms with E-state index in [2.05, 4.69) is 44.7 Å². The van der Waals surface area contributed by atoms with Gasteiger partial charge >= 0.3 is 0 Å². The van der Waals surface area contributed by atoms with E-state index in [4.69, 9.17) is 0 Å². The molecule has 5 rings (SSSR count). The summed E-state index contributed by atoms with van der Waals surface area (Å²) in [7, 11) is -2.75. The third-order valence-corrected chi connectivity index (χ3v) is 13.1. The number of allylic oxidation sites excluding steroid dienone is 5. The molecule has 0 amide bonds. The van der Waals surface area contributed by atoms with Gasteiger partial charge in [-0.15, -0.1) is 0 Å². The standard InChI is InChI=1S/C36H45O3P/c1-26(12-11-23-40(39,31-14-6-4-7-15-31)32-16-8-5-9-17-32)33-20-21-34-28(13-10-22-36(33,34)3)18-19-29-24-30(37)25-35(38)27(29)2/h4-9,11-12,14-19,26,30,33-35,37-38H,2,10,13,20-25H2,1,3H3/b12-11+,28-18+,29-19-/t26-,30-,33-,34+,35+,36-/m1/s1. The molecule has 2 aromatic rings. The average molecular weight is 557 g/mol. The quantitative estimate of drug-likeness (QED) is 0.277. The summed E-state index contributed by atoms with van der Waals surface area (Å²) >= 11 is 0. The first-order chi connectivity index (χ1) is 19.2. The van der Waals surface area contributed by atoms with Crippen molar-refractivity contribution in [3.05, 3.63) is 108 Å². The van der Waals surface area contributed by atoms with Gasteiger partial charge in [-0.1, -0.05) is 111 Å². The van der Waals surface area contributed by atoms with Crippen molar-refractivity contribution in [3.63, 3.8) is 0 Å². The smallest absolute Gasteiger partial charge is 0.146 e. The Morgan fingerprint density at radius 1 is 1.02 bits per heavy atom. The molecule has 3 aliphatic carbocycles. The Morgan fingerprint density at radius 3 is 2.33 bits per heavy atom. The van der Waals surface area contributed by atoms with Gasteiger partial charge in [-0.05, 0) is 72.8 Å². The second-order valence-corrected chi connectivity index (χ2v) is 15.4. The molecule has 0 spiro atoms. The average Bonchev–Trinajstić information content (AvgIpc) is 3.32. The van der Waals surface area contributed by atoms with Crippen molar-refractivity contribution in [3.8, 4) is 0 Å². The second kappa shape index (κ2) is 12.2. The van der Waals surface area contributed by atoms with E-state index in [0.717, 1.165) is 28.2 Å². The molecular formula is C36H45O3P. The van der Waals surface area contributed by atoms with E-state index in [1.165, 1.54) is 31.3 Å². The second-order valence-electron chi connectivity index (χ2n) is 12.5. The summed E-state index contributed by atoms with van der Waals surface area (Å²) in [5.41, 5.74) is 3.50. The first kappa shape index (κ1) is 29.1. The van der Waals surface area contributed by atoms with Gasteiger partial charge in [-0.25, -0.2) is 0 Å². The Labute approximate surface area is 240 Å². The Kier molecular flexibility index (Phi) is 8.86. The predicted octanol–water partition coefficient (Wildman–Crippen LogP) is 7.33. The molecule has 0 bridgehead atoms. The minimum Gasteiger partial charge on any atom is -0.393 e. The summed E-state index contributed by atoms with van der Waals surface area (Å²) in [5, 5.41) is 22.2. The number of hydrogen-bond acceptors (Lipinski definition) is 3. The molecule has 212 valence electrons. The Morgan fingerprint density at radius 2 is 1.68 bits per heavy atom. The van der Waals surface area contributed by atoms with Crippen molar-refractivity contribution >= 4 is 17.8 Å². The molecular weight excluding hydrogens is 511 g/mol. The maximum Gasteiger partial charge on any atom is 0.146 e. The topological polar surface area (TPSA) is 57.5 Å². The highest BCUT2D eigenvalue weighted by Crippen LogP contribution is 2.59. The molecule has 3 nitrogen and oxygen atoms in total. The molecule has 6 atom stereocenters. The van der Waals surface area contributed by atoms with E-state index in [9.17, 15) is 14.8 Å². The van der Waals surface area contributed by atoms with Gasteiger partial charge in [0.05, 0.1) is 12.2 Å². The fraction of sp³-hybridized carbons (Fsp3) is 0.444. The monoisotopic (exact) mass is 556 g/mol. The van der Waals surface area contributed by atoms with Gasteiger partial charge in [0.25, 0.3) is 0 Å². The summed E-state index contributed by atoms with van der Waals surface area (Å²) in [6, 6.07) is 19.9. The molecule has 3 aliphatic rings. The lowest BCUT2D eigenvalue weighted by Crippen LogP contribution is -2.35. The number of fused-ring (bicyclic) bond motifs is 1. The van der Waals surface area contributed by atoms with E-state index in [1.54, 1.807) is 0 Å². The van der Waals surface area contributed by atoms with Crippen LogP contribution < -0.4 is 10.6 Å². The van der Waals surface area contributed by atoms with Crippen molar-refractivity contribution < 1.29 is 14.8 Å². The summed E-state index contributed by atoms with van der Waals surface area (Å²) in [4.78, 5) is 0. The largest absolute Gasteiger partial charge is 0.393 e. The van der Waals surface area contributed by atoms with Crippen LogP contribution in [-0.4, -0.2) is 28.6 Å². The fourth-order valence-electron chi connectivity index (χ4n) is 7.86. The molecule has 3 fully saturated rings. The van der Waals surface area contributed by atoms with Crippen molar-refractivity contribution in [2.75, 3.05) is 6.16 Å². The maximum absolute atomic E-state index is 14.4. The highest BCUT2D eigenvalue weighted by atomic mass is 31.2. The zero-order valence-electron chi connectivity index (χ0n) is 24.1. The first-order valence-corrected chi connectivity index (χ1v) is 16.9. The van der Waals surface area contributed by atoms with Crippen LogP contribution in [0.5, 0.6) is 0 Å². The number of hydrogen-bond donors (Lipinski definition) is 2. The van der Waals surface area contributed by atoms with Crippen molar-refractivity contribution in [2.45, 2.75) is 71.0 Å². The summed E-state index contributed by atoms with van der Waals surface area (Å²) < 4.78 is 14.4. The van der Waals surface area contributed by atoms with Crippen LogP contribution in [0.4, 0.5) is 0 Å². The van der Waals surface area contributed by atoms with Gasteiger partial charge in [0, 0.05) is 23.2 Å². The number of aliphatic hydroxyl groups excluding tert-OH is 2. The van der Waals surface area contributed by atoms with E-state index in [0.29, 0.717) is 36.8 Å².